The van der Waals surface area contributed by atoms with E-state index in [4.69, 9.17) is 0 Å². The van der Waals surface area contributed by atoms with E-state index in [-0.39, 0.29) is 17.8 Å². The Balaban J connectivity index is 1.17. The number of nitrogens with one attached hydrogen (secondary N) is 1. The molecule has 184 valence electrons. The number of hydrogen-bond acceptors (Lipinski definition) is 4. The average Bonchev–Trinajstić information content (AvgIpc) is 3.25. The van der Waals surface area contributed by atoms with E-state index in [1.807, 2.05) is 17.9 Å². The number of aromatic nitrogens is 3. The Hall–Kier alpha value is -3.84. The molecule has 0 atom stereocenters. The van der Waals surface area contributed by atoms with Crippen LogP contribution in [0.25, 0.3) is 22.5 Å². The molecule has 2 aromatic carbocycles. The van der Waals surface area contributed by atoms with Crippen molar-refractivity contribution in [2.45, 2.75) is 32.4 Å². The van der Waals surface area contributed by atoms with Crippen molar-refractivity contribution in [2.24, 2.45) is 7.05 Å². The van der Waals surface area contributed by atoms with E-state index < -0.39 is 0 Å². The number of carbonyl (C=O) groups excluding carboxylic acids is 1. The Morgan fingerprint density at radius 1 is 1.06 bits per heavy atom. The highest BCUT2D eigenvalue weighted by Crippen LogP contribution is 2.28. The number of pyridine rings is 1. The largest absolute Gasteiger partial charge is 0.349 e. The van der Waals surface area contributed by atoms with Gasteiger partial charge in [0.05, 0.1) is 23.1 Å². The molecule has 1 aliphatic heterocycles. The molecule has 6 nitrogen and oxygen atoms in total. The molecule has 0 spiro atoms. The van der Waals surface area contributed by atoms with Crippen LogP contribution in [-0.2, 0) is 13.6 Å². The summed E-state index contributed by atoms with van der Waals surface area (Å²) in [6.45, 7) is 4.78. The maximum Gasteiger partial charge on any atom is 0.253 e. The van der Waals surface area contributed by atoms with Crippen LogP contribution in [0.1, 0.15) is 34.3 Å². The summed E-state index contributed by atoms with van der Waals surface area (Å²) < 4.78 is 15.4. The average molecular weight is 484 g/mol. The minimum Gasteiger partial charge on any atom is -0.349 e. The zero-order valence-electron chi connectivity index (χ0n) is 20.6. The van der Waals surface area contributed by atoms with Crippen LogP contribution >= 0.6 is 0 Å². The molecule has 4 aromatic rings. The maximum absolute atomic E-state index is 13.5. The van der Waals surface area contributed by atoms with E-state index in [1.165, 1.54) is 28.8 Å². The first-order valence-corrected chi connectivity index (χ1v) is 12.3. The first-order chi connectivity index (χ1) is 17.5. The molecular weight excluding hydrogens is 453 g/mol. The third kappa shape index (κ3) is 5.21. The molecule has 1 saturated heterocycles. The fourth-order valence-corrected chi connectivity index (χ4v) is 4.88. The van der Waals surface area contributed by atoms with E-state index in [0.717, 1.165) is 38.2 Å². The summed E-state index contributed by atoms with van der Waals surface area (Å²) >= 11 is 0. The van der Waals surface area contributed by atoms with Crippen molar-refractivity contribution < 1.29 is 9.18 Å². The first-order valence-electron chi connectivity index (χ1n) is 12.3. The molecule has 1 N–H and O–H groups in total. The van der Waals surface area contributed by atoms with Crippen LogP contribution in [0.4, 0.5) is 4.39 Å². The maximum atomic E-state index is 13.5. The summed E-state index contributed by atoms with van der Waals surface area (Å²) in [4.78, 5) is 19.6. The Labute approximate surface area is 210 Å². The van der Waals surface area contributed by atoms with Crippen molar-refractivity contribution in [3.8, 4) is 22.5 Å². The standard InChI is InChI=1S/C29H30FN5O/c1-20-6-3-4-9-26(20)28-23(18-32-34(28)2)19-35-14-12-25(13-15-35)33-29(36)22-10-11-27(31-17-22)21-7-5-8-24(30)16-21/h3-11,16-18,25H,12-15,19H2,1-2H3,(H,33,36). The minimum atomic E-state index is -0.308. The molecule has 1 fully saturated rings. The van der Waals surface area contributed by atoms with Gasteiger partial charge in [0.15, 0.2) is 0 Å². The third-order valence-electron chi connectivity index (χ3n) is 6.88. The van der Waals surface area contributed by atoms with Crippen molar-refractivity contribution >= 4 is 5.91 Å². The lowest BCUT2D eigenvalue weighted by molar-refractivity contribution is 0.0908. The number of hydrogen-bond donors (Lipinski definition) is 1. The lowest BCUT2D eigenvalue weighted by atomic mass is 10.0. The number of amides is 1. The van der Waals surface area contributed by atoms with Gasteiger partial charge in [-0.15, -0.1) is 0 Å². The van der Waals surface area contributed by atoms with Crippen LogP contribution in [0.5, 0.6) is 0 Å². The van der Waals surface area contributed by atoms with Gasteiger partial charge in [-0.1, -0.05) is 36.4 Å². The molecule has 0 unspecified atom stereocenters. The molecule has 2 aromatic heterocycles. The van der Waals surface area contributed by atoms with Crippen molar-refractivity contribution in [3.63, 3.8) is 0 Å². The molecule has 0 saturated carbocycles. The summed E-state index contributed by atoms with van der Waals surface area (Å²) in [5.74, 6) is -0.432. The van der Waals surface area contributed by atoms with Crippen LogP contribution in [0.3, 0.4) is 0 Å². The number of likely N-dealkylation sites (tertiary alicyclic amines) is 1. The molecule has 36 heavy (non-hydrogen) atoms. The molecule has 5 rings (SSSR count). The molecular formula is C29H30FN5O. The van der Waals surface area contributed by atoms with E-state index in [0.29, 0.717) is 16.8 Å². The minimum absolute atomic E-state index is 0.124. The fourth-order valence-electron chi connectivity index (χ4n) is 4.88. The van der Waals surface area contributed by atoms with Crippen molar-refractivity contribution in [1.82, 2.24) is 25.0 Å². The fraction of sp³-hybridized carbons (Fsp3) is 0.276. The summed E-state index contributed by atoms with van der Waals surface area (Å²) in [5.41, 5.74) is 6.68. The molecule has 1 aliphatic rings. The van der Waals surface area contributed by atoms with Gasteiger partial charge in [-0.3, -0.25) is 19.4 Å². The van der Waals surface area contributed by atoms with Crippen LogP contribution in [0.15, 0.2) is 73.1 Å². The van der Waals surface area contributed by atoms with E-state index in [9.17, 15) is 9.18 Å². The number of halogens is 1. The summed E-state index contributed by atoms with van der Waals surface area (Å²) in [7, 11) is 1.99. The number of piperidine rings is 1. The molecule has 3 heterocycles. The van der Waals surface area contributed by atoms with Gasteiger partial charge in [-0.05, 0) is 49.6 Å². The third-order valence-corrected chi connectivity index (χ3v) is 6.88. The predicted molar refractivity (Wildman–Crippen MR) is 139 cm³/mol. The second kappa shape index (κ2) is 10.4. The number of benzene rings is 2. The van der Waals surface area contributed by atoms with Gasteiger partial charge in [0.25, 0.3) is 5.91 Å². The van der Waals surface area contributed by atoms with Gasteiger partial charge in [-0.2, -0.15) is 5.10 Å². The normalized spacial score (nSPS) is 14.6. The van der Waals surface area contributed by atoms with Crippen molar-refractivity contribution in [2.75, 3.05) is 13.1 Å². The summed E-state index contributed by atoms with van der Waals surface area (Å²) in [5, 5.41) is 7.68. The SMILES string of the molecule is Cc1ccccc1-c1c(CN2CCC(NC(=O)c3ccc(-c4cccc(F)c4)nc3)CC2)cnn1C. The van der Waals surface area contributed by atoms with Crippen LogP contribution in [0.2, 0.25) is 0 Å². The van der Waals surface area contributed by atoms with E-state index in [1.54, 1.807) is 30.5 Å². The lowest BCUT2D eigenvalue weighted by Crippen LogP contribution is -2.44. The smallest absolute Gasteiger partial charge is 0.253 e. The Kier molecular flexibility index (Phi) is 6.91. The van der Waals surface area contributed by atoms with Gasteiger partial charge in [0, 0.05) is 55.6 Å². The predicted octanol–water partition coefficient (Wildman–Crippen LogP) is 4.99. The molecule has 7 heteroatoms. The Bertz CT molecular complexity index is 1360. The van der Waals surface area contributed by atoms with Crippen LogP contribution in [-0.4, -0.2) is 44.7 Å². The number of rotatable bonds is 6. The highest BCUT2D eigenvalue weighted by Gasteiger charge is 2.23. The number of aryl methyl sites for hydroxylation is 2. The second-order valence-electron chi connectivity index (χ2n) is 9.42. The van der Waals surface area contributed by atoms with Crippen LogP contribution in [0, 0.1) is 12.7 Å². The first kappa shape index (κ1) is 23.9. The zero-order valence-corrected chi connectivity index (χ0v) is 20.6. The monoisotopic (exact) mass is 483 g/mol. The van der Waals surface area contributed by atoms with Gasteiger partial charge >= 0.3 is 0 Å². The molecule has 0 radical (unpaired) electrons. The van der Waals surface area contributed by atoms with E-state index in [2.05, 4.69) is 51.5 Å². The van der Waals surface area contributed by atoms with Crippen LogP contribution < -0.4 is 5.32 Å². The summed E-state index contributed by atoms with van der Waals surface area (Å²) in [6.07, 6.45) is 5.30. The highest BCUT2D eigenvalue weighted by molar-refractivity contribution is 5.94. The Morgan fingerprint density at radius 2 is 1.86 bits per heavy atom. The zero-order chi connectivity index (χ0) is 25.1. The van der Waals surface area contributed by atoms with Crippen molar-refractivity contribution in [3.05, 3.63) is 95.6 Å². The lowest BCUT2D eigenvalue weighted by Gasteiger charge is -2.32. The Morgan fingerprint density at radius 3 is 2.58 bits per heavy atom. The van der Waals surface area contributed by atoms with Gasteiger partial charge < -0.3 is 5.32 Å². The molecule has 0 bridgehead atoms. The quantitative estimate of drug-likeness (QED) is 0.420. The van der Waals surface area contributed by atoms with Crippen molar-refractivity contribution in [1.29, 1.82) is 0 Å². The number of carbonyl (C=O) groups is 1. The van der Waals surface area contributed by atoms with Gasteiger partial charge in [-0.25, -0.2) is 4.39 Å². The second-order valence-corrected chi connectivity index (χ2v) is 9.42. The topological polar surface area (TPSA) is 63.1 Å². The molecule has 1 amide bonds. The highest BCUT2D eigenvalue weighted by atomic mass is 19.1. The van der Waals surface area contributed by atoms with Gasteiger partial charge in [0.1, 0.15) is 5.82 Å². The number of nitrogens with zero attached hydrogens (tertiary/aromatic N) is 4. The van der Waals surface area contributed by atoms with E-state index >= 15 is 0 Å². The van der Waals surface area contributed by atoms with Gasteiger partial charge in [0.2, 0.25) is 0 Å². The molecule has 0 aliphatic carbocycles. The summed E-state index contributed by atoms with van der Waals surface area (Å²) in [6, 6.07) is 18.3.